The summed E-state index contributed by atoms with van der Waals surface area (Å²) in [6.07, 6.45) is 0. The molecule has 2 rings (SSSR count). The number of aliphatic hydroxyl groups excluding tert-OH is 1. The van der Waals surface area contributed by atoms with Crippen molar-refractivity contribution in [1.82, 2.24) is 5.32 Å². The molecule has 0 aliphatic carbocycles. The SMILES string of the molecule is OCc1cccc(CNCc2ccc(O)c(Br)c2)c1. The number of phenolic OH excluding ortho intramolecular Hbond substituents is 1. The van der Waals surface area contributed by atoms with E-state index in [1.54, 1.807) is 6.07 Å². The first-order chi connectivity index (χ1) is 9.19. The van der Waals surface area contributed by atoms with Crippen molar-refractivity contribution >= 4 is 15.9 Å². The number of phenols is 1. The van der Waals surface area contributed by atoms with E-state index in [1.807, 2.05) is 36.4 Å². The molecule has 0 fully saturated rings. The molecule has 100 valence electrons. The van der Waals surface area contributed by atoms with Crippen molar-refractivity contribution in [3.05, 3.63) is 63.6 Å². The van der Waals surface area contributed by atoms with E-state index in [-0.39, 0.29) is 12.4 Å². The molecule has 0 atom stereocenters. The van der Waals surface area contributed by atoms with Gasteiger partial charge in [-0.25, -0.2) is 0 Å². The van der Waals surface area contributed by atoms with E-state index >= 15 is 0 Å². The van der Waals surface area contributed by atoms with E-state index in [2.05, 4.69) is 21.2 Å². The number of halogens is 1. The van der Waals surface area contributed by atoms with Gasteiger partial charge in [0.1, 0.15) is 5.75 Å². The van der Waals surface area contributed by atoms with Crippen LogP contribution < -0.4 is 5.32 Å². The molecule has 0 saturated heterocycles. The zero-order chi connectivity index (χ0) is 13.7. The molecule has 0 radical (unpaired) electrons. The fourth-order valence-electron chi connectivity index (χ4n) is 1.85. The summed E-state index contributed by atoms with van der Waals surface area (Å²) < 4.78 is 0.703. The third kappa shape index (κ3) is 4.06. The minimum Gasteiger partial charge on any atom is -0.507 e. The fourth-order valence-corrected chi connectivity index (χ4v) is 2.28. The van der Waals surface area contributed by atoms with Gasteiger partial charge in [-0.1, -0.05) is 30.3 Å². The molecule has 19 heavy (non-hydrogen) atoms. The first-order valence-electron chi connectivity index (χ1n) is 6.06. The van der Waals surface area contributed by atoms with Gasteiger partial charge in [-0.2, -0.15) is 0 Å². The molecule has 2 aromatic rings. The van der Waals surface area contributed by atoms with Gasteiger partial charge in [-0.15, -0.1) is 0 Å². The van der Waals surface area contributed by atoms with Crippen LogP contribution in [0.15, 0.2) is 46.9 Å². The van der Waals surface area contributed by atoms with Gasteiger partial charge < -0.3 is 15.5 Å². The second-order valence-electron chi connectivity index (χ2n) is 4.37. The second-order valence-corrected chi connectivity index (χ2v) is 5.22. The summed E-state index contributed by atoms with van der Waals surface area (Å²) in [4.78, 5) is 0. The van der Waals surface area contributed by atoms with Crippen LogP contribution in [0.2, 0.25) is 0 Å². The lowest BCUT2D eigenvalue weighted by Crippen LogP contribution is -2.12. The van der Waals surface area contributed by atoms with Crippen LogP contribution >= 0.6 is 15.9 Å². The predicted molar refractivity (Wildman–Crippen MR) is 78.7 cm³/mol. The van der Waals surface area contributed by atoms with E-state index in [0.29, 0.717) is 4.47 Å². The fraction of sp³-hybridized carbons (Fsp3) is 0.200. The summed E-state index contributed by atoms with van der Waals surface area (Å²) in [5.74, 6) is 0.249. The van der Waals surface area contributed by atoms with Gasteiger partial charge in [0.15, 0.2) is 0 Å². The molecule has 0 aliphatic heterocycles. The summed E-state index contributed by atoms with van der Waals surface area (Å²) in [6.45, 7) is 1.54. The lowest BCUT2D eigenvalue weighted by molar-refractivity contribution is 0.281. The summed E-state index contributed by atoms with van der Waals surface area (Å²) >= 11 is 3.30. The minimum absolute atomic E-state index is 0.0682. The van der Waals surface area contributed by atoms with Gasteiger partial charge in [0.05, 0.1) is 11.1 Å². The normalized spacial score (nSPS) is 10.6. The Hall–Kier alpha value is -1.36. The zero-order valence-corrected chi connectivity index (χ0v) is 12.0. The van der Waals surface area contributed by atoms with Crippen molar-refractivity contribution < 1.29 is 10.2 Å². The Morgan fingerprint density at radius 2 is 1.63 bits per heavy atom. The van der Waals surface area contributed by atoms with Crippen molar-refractivity contribution in [3.8, 4) is 5.75 Å². The molecule has 0 heterocycles. The van der Waals surface area contributed by atoms with Crippen molar-refractivity contribution in [2.24, 2.45) is 0 Å². The van der Waals surface area contributed by atoms with Crippen molar-refractivity contribution in [1.29, 1.82) is 0 Å². The Morgan fingerprint density at radius 3 is 2.32 bits per heavy atom. The Bertz CT molecular complexity index is 558. The Labute approximate surface area is 121 Å². The van der Waals surface area contributed by atoms with Crippen LogP contribution in [0.5, 0.6) is 5.75 Å². The lowest BCUT2D eigenvalue weighted by Gasteiger charge is -2.07. The quantitative estimate of drug-likeness (QED) is 0.793. The van der Waals surface area contributed by atoms with E-state index < -0.39 is 0 Å². The molecular weight excluding hydrogens is 306 g/mol. The standard InChI is InChI=1S/C15H16BrNO2/c16-14-7-12(4-5-15(14)19)9-17-8-11-2-1-3-13(6-11)10-18/h1-7,17-19H,8-10H2. The first-order valence-corrected chi connectivity index (χ1v) is 6.85. The number of benzene rings is 2. The van der Waals surface area contributed by atoms with Gasteiger partial charge in [0, 0.05) is 13.1 Å². The molecule has 3 nitrogen and oxygen atoms in total. The van der Waals surface area contributed by atoms with Gasteiger partial charge in [-0.05, 0) is 44.8 Å². The van der Waals surface area contributed by atoms with Gasteiger partial charge >= 0.3 is 0 Å². The summed E-state index contributed by atoms with van der Waals surface area (Å²) in [5.41, 5.74) is 3.17. The van der Waals surface area contributed by atoms with Crippen LogP contribution in [0.3, 0.4) is 0 Å². The number of hydrogen-bond acceptors (Lipinski definition) is 3. The molecule has 4 heteroatoms. The third-order valence-electron chi connectivity index (χ3n) is 2.84. The monoisotopic (exact) mass is 321 g/mol. The maximum atomic E-state index is 9.41. The maximum Gasteiger partial charge on any atom is 0.129 e. The molecule has 0 aliphatic rings. The highest BCUT2D eigenvalue weighted by atomic mass is 79.9. The topological polar surface area (TPSA) is 52.5 Å². The van der Waals surface area contributed by atoms with Gasteiger partial charge in [0.2, 0.25) is 0 Å². The average molecular weight is 322 g/mol. The number of rotatable bonds is 5. The Kier molecular flexibility index (Phi) is 4.96. The molecule has 0 bridgehead atoms. The summed E-state index contributed by atoms with van der Waals surface area (Å²) in [7, 11) is 0. The molecule has 2 aromatic carbocycles. The molecule has 0 saturated carbocycles. The number of nitrogens with one attached hydrogen (secondary N) is 1. The number of aliphatic hydroxyl groups is 1. The van der Waals surface area contributed by atoms with E-state index in [4.69, 9.17) is 5.11 Å². The second kappa shape index (κ2) is 6.70. The van der Waals surface area contributed by atoms with E-state index in [1.165, 1.54) is 0 Å². The van der Waals surface area contributed by atoms with Crippen LogP contribution in [-0.2, 0) is 19.7 Å². The average Bonchev–Trinajstić information content (AvgIpc) is 2.43. The van der Waals surface area contributed by atoms with Crippen molar-refractivity contribution in [2.75, 3.05) is 0 Å². The van der Waals surface area contributed by atoms with Crippen LogP contribution in [0.1, 0.15) is 16.7 Å². The molecular formula is C15H16BrNO2. The molecule has 0 unspecified atom stereocenters. The summed E-state index contributed by atoms with van der Waals surface area (Å²) in [6, 6.07) is 13.3. The first kappa shape index (κ1) is 14.1. The Morgan fingerprint density at radius 1 is 0.947 bits per heavy atom. The molecule has 0 aromatic heterocycles. The Balaban J connectivity index is 1.90. The maximum absolute atomic E-state index is 9.41. The number of hydrogen-bond donors (Lipinski definition) is 3. The number of aromatic hydroxyl groups is 1. The van der Waals surface area contributed by atoms with Crippen LogP contribution in [0.4, 0.5) is 0 Å². The van der Waals surface area contributed by atoms with Crippen LogP contribution in [0, 0.1) is 0 Å². The predicted octanol–water partition coefficient (Wildman–Crippen LogP) is 2.94. The van der Waals surface area contributed by atoms with Crippen LogP contribution in [0.25, 0.3) is 0 Å². The van der Waals surface area contributed by atoms with Gasteiger partial charge in [-0.3, -0.25) is 0 Å². The van der Waals surface area contributed by atoms with Gasteiger partial charge in [0.25, 0.3) is 0 Å². The smallest absolute Gasteiger partial charge is 0.129 e. The molecule has 3 N–H and O–H groups in total. The highest BCUT2D eigenvalue weighted by Gasteiger charge is 2.00. The van der Waals surface area contributed by atoms with Crippen molar-refractivity contribution in [3.63, 3.8) is 0 Å². The summed E-state index contributed by atoms with van der Waals surface area (Å²) in [5, 5.41) is 21.8. The van der Waals surface area contributed by atoms with Crippen LogP contribution in [-0.4, -0.2) is 10.2 Å². The van der Waals surface area contributed by atoms with E-state index in [9.17, 15) is 5.11 Å². The highest BCUT2D eigenvalue weighted by Crippen LogP contribution is 2.24. The molecule has 0 amide bonds. The van der Waals surface area contributed by atoms with E-state index in [0.717, 1.165) is 29.8 Å². The highest BCUT2D eigenvalue weighted by molar-refractivity contribution is 9.10. The molecule has 0 spiro atoms. The lowest BCUT2D eigenvalue weighted by atomic mass is 10.1. The minimum atomic E-state index is 0.0682. The van der Waals surface area contributed by atoms with Crippen molar-refractivity contribution in [2.45, 2.75) is 19.7 Å². The third-order valence-corrected chi connectivity index (χ3v) is 3.48. The zero-order valence-electron chi connectivity index (χ0n) is 10.4. The largest absolute Gasteiger partial charge is 0.507 e.